The van der Waals surface area contributed by atoms with E-state index in [9.17, 15) is 14.7 Å². The first-order valence-electron chi connectivity index (χ1n) is 5.40. The van der Waals surface area contributed by atoms with Crippen LogP contribution in [-0.4, -0.2) is 59.0 Å². The van der Waals surface area contributed by atoms with Gasteiger partial charge in [-0.3, -0.25) is 19.4 Å². The van der Waals surface area contributed by atoms with E-state index in [-0.39, 0.29) is 24.5 Å². The molecular formula is C10H16N2O3. The van der Waals surface area contributed by atoms with Crippen molar-refractivity contribution in [3.8, 4) is 0 Å². The maximum absolute atomic E-state index is 11.7. The van der Waals surface area contributed by atoms with Crippen molar-refractivity contribution < 1.29 is 14.7 Å². The van der Waals surface area contributed by atoms with Gasteiger partial charge in [0.05, 0.1) is 12.6 Å². The van der Waals surface area contributed by atoms with Crippen molar-refractivity contribution in [3.63, 3.8) is 0 Å². The zero-order chi connectivity index (χ0) is 10.8. The number of aliphatic hydroxyl groups excluding tert-OH is 1. The normalized spacial score (nSPS) is 27.7. The van der Waals surface area contributed by atoms with Gasteiger partial charge in [-0.1, -0.05) is 0 Å². The maximum Gasteiger partial charge on any atom is 0.243 e. The van der Waals surface area contributed by atoms with E-state index >= 15 is 0 Å². The number of hydrogen-bond acceptors (Lipinski definition) is 4. The average molecular weight is 212 g/mol. The largest absolute Gasteiger partial charge is 0.392 e. The lowest BCUT2D eigenvalue weighted by molar-refractivity contribution is -0.142. The van der Waals surface area contributed by atoms with Crippen molar-refractivity contribution in [1.82, 2.24) is 9.80 Å². The first kappa shape index (κ1) is 10.6. The Morgan fingerprint density at radius 3 is 2.80 bits per heavy atom. The number of imide groups is 1. The molecule has 5 nitrogen and oxygen atoms in total. The Morgan fingerprint density at radius 2 is 2.27 bits per heavy atom. The van der Waals surface area contributed by atoms with Crippen molar-refractivity contribution in [2.45, 2.75) is 25.4 Å². The second kappa shape index (κ2) is 4.28. The van der Waals surface area contributed by atoms with Crippen LogP contribution in [0.5, 0.6) is 0 Å². The molecule has 2 fully saturated rings. The second-order valence-electron chi connectivity index (χ2n) is 4.22. The average Bonchev–Trinajstić information content (AvgIpc) is 2.75. The summed E-state index contributed by atoms with van der Waals surface area (Å²) in [5.74, 6) is -0.175. The molecule has 1 N–H and O–H groups in total. The molecule has 2 rings (SSSR count). The summed E-state index contributed by atoms with van der Waals surface area (Å²) in [6, 6.07) is 0. The van der Waals surface area contributed by atoms with Gasteiger partial charge in [0.2, 0.25) is 11.8 Å². The fourth-order valence-electron chi connectivity index (χ4n) is 2.14. The summed E-state index contributed by atoms with van der Waals surface area (Å²) >= 11 is 0. The van der Waals surface area contributed by atoms with Gasteiger partial charge in [0.15, 0.2) is 0 Å². The highest BCUT2D eigenvalue weighted by Crippen LogP contribution is 2.12. The predicted molar refractivity (Wildman–Crippen MR) is 53.0 cm³/mol. The summed E-state index contributed by atoms with van der Waals surface area (Å²) < 4.78 is 0. The summed E-state index contributed by atoms with van der Waals surface area (Å²) in [5.41, 5.74) is 0. The van der Waals surface area contributed by atoms with E-state index in [0.717, 1.165) is 19.4 Å². The zero-order valence-electron chi connectivity index (χ0n) is 8.69. The number of carbonyl (C=O) groups excluding carboxylic acids is 2. The Kier molecular flexibility index (Phi) is 3.02. The summed E-state index contributed by atoms with van der Waals surface area (Å²) in [6.07, 6.45) is 1.69. The lowest BCUT2D eigenvalue weighted by Crippen LogP contribution is -2.40. The Labute approximate surface area is 88.6 Å². The van der Waals surface area contributed by atoms with Gasteiger partial charge < -0.3 is 5.11 Å². The fourth-order valence-corrected chi connectivity index (χ4v) is 2.14. The zero-order valence-corrected chi connectivity index (χ0v) is 8.69. The predicted octanol–water partition coefficient (Wildman–Crippen LogP) is -0.798. The van der Waals surface area contributed by atoms with Crippen LogP contribution in [0.1, 0.15) is 19.3 Å². The van der Waals surface area contributed by atoms with E-state index in [1.54, 1.807) is 0 Å². The van der Waals surface area contributed by atoms with Crippen LogP contribution in [-0.2, 0) is 9.59 Å². The first-order valence-corrected chi connectivity index (χ1v) is 5.40. The molecule has 0 bridgehead atoms. The van der Waals surface area contributed by atoms with Crippen LogP contribution in [0.25, 0.3) is 0 Å². The highest BCUT2D eigenvalue weighted by molar-refractivity contribution is 5.97. The Bertz CT molecular complexity index is 280. The molecule has 2 aliphatic rings. The van der Waals surface area contributed by atoms with Crippen molar-refractivity contribution in [2.24, 2.45) is 0 Å². The third-order valence-electron chi connectivity index (χ3n) is 2.98. The molecule has 2 aliphatic heterocycles. The van der Waals surface area contributed by atoms with Gasteiger partial charge in [0.1, 0.15) is 0 Å². The number of amides is 2. The number of β-amino-alcohol motifs (C(OH)–C–C–N with tert-alkyl or cyclic N) is 1. The van der Waals surface area contributed by atoms with Gasteiger partial charge >= 0.3 is 0 Å². The molecule has 2 saturated heterocycles. The maximum atomic E-state index is 11.7. The minimum Gasteiger partial charge on any atom is -0.392 e. The molecule has 0 aromatic heterocycles. The van der Waals surface area contributed by atoms with Crippen LogP contribution in [0.2, 0.25) is 0 Å². The van der Waals surface area contributed by atoms with Crippen LogP contribution < -0.4 is 0 Å². The third kappa shape index (κ3) is 2.35. The monoisotopic (exact) mass is 212 g/mol. The molecule has 0 aliphatic carbocycles. The van der Waals surface area contributed by atoms with Gasteiger partial charge in [-0.05, 0) is 12.8 Å². The van der Waals surface area contributed by atoms with Gasteiger partial charge in [0, 0.05) is 26.1 Å². The quantitative estimate of drug-likeness (QED) is 0.651. The molecule has 0 spiro atoms. The van der Waals surface area contributed by atoms with E-state index in [4.69, 9.17) is 0 Å². The SMILES string of the molecule is O=C1CCCN1C(=O)CN1CCC(O)C1. The van der Waals surface area contributed by atoms with Crippen molar-refractivity contribution in [3.05, 3.63) is 0 Å². The minimum atomic E-state index is -0.313. The molecular weight excluding hydrogens is 196 g/mol. The van der Waals surface area contributed by atoms with E-state index in [1.807, 2.05) is 4.90 Å². The summed E-state index contributed by atoms with van der Waals surface area (Å²) in [5, 5.41) is 9.30. The summed E-state index contributed by atoms with van der Waals surface area (Å²) in [6.45, 7) is 2.12. The van der Waals surface area contributed by atoms with Crippen LogP contribution in [0.3, 0.4) is 0 Å². The highest BCUT2D eigenvalue weighted by atomic mass is 16.3. The fraction of sp³-hybridized carbons (Fsp3) is 0.800. The molecule has 1 atom stereocenters. The second-order valence-corrected chi connectivity index (χ2v) is 4.22. The summed E-state index contributed by atoms with van der Waals surface area (Å²) in [7, 11) is 0. The molecule has 0 saturated carbocycles. The van der Waals surface area contributed by atoms with E-state index in [2.05, 4.69) is 0 Å². The lowest BCUT2D eigenvalue weighted by atomic mass is 10.3. The van der Waals surface area contributed by atoms with Crippen LogP contribution in [0.15, 0.2) is 0 Å². The van der Waals surface area contributed by atoms with Gasteiger partial charge in [-0.2, -0.15) is 0 Å². The minimum absolute atomic E-state index is 0.0558. The summed E-state index contributed by atoms with van der Waals surface area (Å²) in [4.78, 5) is 26.2. The number of hydrogen-bond donors (Lipinski definition) is 1. The number of rotatable bonds is 2. The number of nitrogens with zero attached hydrogens (tertiary/aromatic N) is 2. The molecule has 2 heterocycles. The molecule has 0 aromatic rings. The van der Waals surface area contributed by atoms with Gasteiger partial charge in [-0.15, -0.1) is 0 Å². The number of carbonyl (C=O) groups is 2. The standard InChI is InChI=1S/C10H16N2O3/c13-8-3-5-11(6-8)7-10(15)12-4-1-2-9(12)14/h8,13H,1-7H2. The Hall–Kier alpha value is -0.940. The van der Waals surface area contributed by atoms with Crippen molar-refractivity contribution in [1.29, 1.82) is 0 Å². The third-order valence-corrected chi connectivity index (χ3v) is 2.98. The Morgan fingerprint density at radius 1 is 1.47 bits per heavy atom. The van der Waals surface area contributed by atoms with Crippen LogP contribution >= 0.6 is 0 Å². The number of aliphatic hydroxyl groups is 1. The molecule has 84 valence electrons. The lowest BCUT2D eigenvalue weighted by Gasteiger charge is -2.18. The molecule has 5 heteroatoms. The first-order chi connectivity index (χ1) is 7.16. The van der Waals surface area contributed by atoms with Crippen molar-refractivity contribution in [2.75, 3.05) is 26.2 Å². The van der Waals surface area contributed by atoms with Crippen LogP contribution in [0, 0.1) is 0 Å². The molecule has 2 amide bonds. The van der Waals surface area contributed by atoms with E-state index in [0.29, 0.717) is 19.5 Å². The van der Waals surface area contributed by atoms with Crippen molar-refractivity contribution >= 4 is 11.8 Å². The topological polar surface area (TPSA) is 60.9 Å². The van der Waals surface area contributed by atoms with E-state index in [1.165, 1.54) is 4.90 Å². The molecule has 1 unspecified atom stereocenters. The van der Waals surface area contributed by atoms with Gasteiger partial charge in [0.25, 0.3) is 0 Å². The van der Waals surface area contributed by atoms with Gasteiger partial charge in [-0.25, -0.2) is 0 Å². The molecule has 0 radical (unpaired) electrons. The Balaban J connectivity index is 1.84. The van der Waals surface area contributed by atoms with Crippen LogP contribution in [0.4, 0.5) is 0 Å². The molecule has 0 aromatic carbocycles. The highest BCUT2D eigenvalue weighted by Gasteiger charge is 2.29. The molecule has 15 heavy (non-hydrogen) atoms. The van der Waals surface area contributed by atoms with E-state index < -0.39 is 0 Å². The number of likely N-dealkylation sites (tertiary alicyclic amines) is 2. The smallest absolute Gasteiger partial charge is 0.243 e.